The molecular weight excluding hydrogens is 354 g/mol. The molecule has 0 bridgehead atoms. The number of benzene rings is 2. The first-order valence-electron chi connectivity index (χ1n) is 6.62. The number of likely N-dealkylation sites (N-methyl/N-ethyl adjacent to an activating group) is 1. The van der Waals surface area contributed by atoms with Crippen molar-refractivity contribution in [2.24, 2.45) is 0 Å². The van der Waals surface area contributed by atoms with Gasteiger partial charge in [0.1, 0.15) is 11.6 Å². The number of hydrogen-bond acceptors (Lipinski definition) is 2. The normalized spacial score (nSPS) is 10.8. The maximum atomic E-state index is 13.6. The van der Waals surface area contributed by atoms with Crippen LogP contribution in [0.3, 0.4) is 0 Å². The number of anilines is 1. The zero-order chi connectivity index (χ0) is 16.1. The first kappa shape index (κ1) is 16.6. The van der Waals surface area contributed by atoms with Gasteiger partial charge in [0.05, 0.1) is 12.2 Å². The van der Waals surface area contributed by atoms with Gasteiger partial charge in [0.15, 0.2) is 0 Å². The van der Waals surface area contributed by atoms with Gasteiger partial charge >= 0.3 is 0 Å². The number of halogens is 3. The Kier molecular flexibility index (Phi) is 5.63. The number of carbonyl (C=O) groups excluding carboxylic acids is 1. The highest BCUT2D eigenvalue weighted by atomic mass is 79.9. The molecular formula is C16H15BrF2N2O. The van der Waals surface area contributed by atoms with E-state index in [0.717, 1.165) is 5.56 Å². The molecule has 1 N–H and O–H groups in total. The molecule has 0 aromatic heterocycles. The summed E-state index contributed by atoms with van der Waals surface area (Å²) in [5.41, 5.74) is 1.04. The van der Waals surface area contributed by atoms with Crippen LogP contribution in [0.5, 0.6) is 0 Å². The Bertz CT molecular complexity index is 662. The molecule has 0 saturated carbocycles. The first-order chi connectivity index (χ1) is 10.4. The van der Waals surface area contributed by atoms with E-state index in [9.17, 15) is 13.6 Å². The zero-order valence-electron chi connectivity index (χ0n) is 11.9. The number of amides is 1. The number of carbonyl (C=O) groups is 1. The fourth-order valence-electron chi connectivity index (χ4n) is 1.98. The van der Waals surface area contributed by atoms with E-state index in [0.29, 0.717) is 11.0 Å². The third-order valence-electron chi connectivity index (χ3n) is 2.98. The second-order valence-corrected chi connectivity index (χ2v) is 5.89. The summed E-state index contributed by atoms with van der Waals surface area (Å²) in [6.07, 6.45) is 0. The summed E-state index contributed by atoms with van der Waals surface area (Å²) in [5.74, 6) is -1.11. The topological polar surface area (TPSA) is 32.3 Å². The molecule has 0 radical (unpaired) electrons. The highest BCUT2D eigenvalue weighted by Gasteiger charge is 2.10. The average molecular weight is 369 g/mol. The monoisotopic (exact) mass is 368 g/mol. The summed E-state index contributed by atoms with van der Waals surface area (Å²) in [6, 6.07) is 10.5. The summed E-state index contributed by atoms with van der Waals surface area (Å²) in [5, 5.41) is 2.53. The maximum absolute atomic E-state index is 13.6. The predicted molar refractivity (Wildman–Crippen MR) is 85.5 cm³/mol. The third-order valence-corrected chi connectivity index (χ3v) is 3.48. The minimum Gasteiger partial charge on any atom is -0.322 e. The van der Waals surface area contributed by atoms with Crippen molar-refractivity contribution in [3.63, 3.8) is 0 Å². The largest absolute Gasteiger partial charge is 0.322 e. The van der Waals surface area contributed by atoms with Crippen molar-refractivity contribution in [1.82, 2.24) is 4.90 Å². The molecule has 0 spiro atoms. The third kappa shape index (κ3) is 4.89. The smallest absolute Gasteiger partial charge is 0.238 e. The van der Waals surface area contributed by atoms with Crippen molar-refractivity contribution >= 4 is 27.5 Å². The minimum atomic E-state index is -0.496. The molecule has 0 saturated heterocycles. The molecule has 2 aromatic carbocycles. The molecule has 6 heteroatoms. The quantitative estimate of drug-likeness (QED) is 0.870. The van der Waals surface area contributed by atoms with Gasteiger partial charge in [-0.2, -0.15) is 0 Å². The summed E-state index contributed by atoms with van der Waals surface area (Å²) in [6.45, 7) is 0.601. The summed E-state index contributed by atoms with van der Waals surface area (Å²) >= 11 is 3.16. The molecule has 0 aliphatic heterocycles. The number of nitrogens with one attached hydrogen (secondary N) is 1. The molecule has 2 rings (SSSR count). The van der Waals surface area contributed by atoms with Crippen LogP contribution in [0.15, 0.2) is 46.9 Å². The standard InChI is InChI=1S/C16H15BrF2N2O/c1-21(9-11-2-5-13(18)6-3-11)10-16(22)20-15-7-4-12(17)8-14(15)19/h2-8H,9-10H2,1H3,(H,20,22). The van der Waals surface area contributed by atoms with E-state index >= 15 is 0 Å². The molecule has 3 nitrogen and oxygen atoms in total. The highest BCUT2D eigenvalue weighted by molar-refractivity contribution is 9.10. The SMILES string of the molecule is CN(CC(=O)Nc1ccc(Br)cc1F)Cc1ccc(F)cc1. The molecule has 1 amide bonds. The zero-order valence-corrected chi connectivity index (χ0v) is 13.5. The summed E-state index contributed by atoms with van der Waals surface area (Å²) < 4.78 is 27.1. The van der Waals surface area contributed by atoms with E-state index in [4.69, 9.17) is 0 Å². The number of rotatable bonds is 5. The van der Waals surface area contributed by atoms with Gasteiger partial charge in [-0.25, -0.2) is 8.78 Å². The lowest BCUT2D eigenvalue weighted by Crippen LogP contribution is -2.30. The van der Waals surface area contributed by atoms with E-state index in [1.54, 1.807) is 30.1 Å². The number of hydrogen-bond donors (Lipinski definition) is 1. The van der Waals surface area contributed by atoms with E-state index in [2.05, 4.69) is 21.2 Å². The van der Waals surface area contributed by atoms with Crippen LogP contribution in [0.4, 0.5) is 14.5 Å². The Hall–Kier alpha value is -1.79. The lowest BCUT2D eigenvalue weighted by molar-refractivity contribution is -0.117. The van der Waals surface area contributed by atoms with Crippen LogP contribution in [0, 0.1) is 11.6 Å². The Balaban J connectivity index is 1.89. The molecule has 22 heavy (non-hydrogen) atoms. The van der Waals surface area contributed by atoms with Crippen molar-refractivity contribution in [2.45, 2.75) is 6.54 Å². The molecule has 0 fully saturated rings. The van der Waals surface area contributed by atoms with Crippen LogP contribution in [0.2, 0.25) is 0 Å². The summed E-state index contributed by atoms with van der Waals surface area (Å²) in [7, 11) is 1.76. The first-order valence-corrected chi connectivity index (χ1v) is 7.41. The van der Waals surface area contributed by atoms with Crippen molar-refractivity contribution in [1.29, 1.82) is 0 Å². The maximum Gasteiger partial charge on any atom is 0.238 e. The van der Waals surface area contributed by atoms with Crippen LogP contribution >= 0.6 is 15.9 Å². The molecule has 2 aromatic rings. The van der Waals surface area contributed by atoms with Crippen LogP contribution < -0.4 is 5.32 Å². The van der Waals surface area contributed by atoms with Crippen molar-refractivity contribution in [3.8, 4) is 0 Å². The van der Waals surface area contributed by atoms with Gasteiger partial charge in [-0.05, 0) is 42.9 Å². The minimum absolute atomic E-state index is 0.104. The van der Waals surface area contributed by atoms with Crippen LogP contribution in [0.1, 0.15) is 5.56 Å². The van der Waals surface area contributed by atoms with Gasteiger partial charge in [0.25, 0.3) is 0 Å². The Morgan fingerprint density at radius 1 is 1.18 bits per heavy atom. The molecule has 0 atom stereocenters. The van der Waals surface area contributed by atoms with Gasteiger partial charge in [-0.3, -0.25) is 9.69 Å². The fourth-order valence-corrected chi connectivity index (χ4v) is 2.32. The predicted octanol–water partition coefficient (Wildman–Crippen LogP) is 3.80. The van der Waals surface area contributed by atoms with Gasteiger partial charge in [-0.1, -0.05) is 28.1 Å². The van der Waals surface area contributed by atoms with Gasteiger partial charge in [0.2, 0.25) is 5.91 Å². The van der Waals surface area contributed by atoms with E-state index in [1.807, 2.05) is 0 Å². The van der Waals surface area contributed by atoms with Gasteiger partial charge < -0.3 is 5.32 Å². The molecule has 0 heterocycles. The van der Waals surface area contributed by atoms with Crippen molar-refractivity contribution in [3.05, 3.63) is 64.1 Å². The Labute approximate surface area is 136 Å². The molecule has 116 valence electrons. The van der Waals surface area contributed by atoms with Crippen LogP contribution in [0.25, 0.3) is 0 Å². The second kappa shape index (κ2) is 7.47. The van der Waals surface area contributed by atoms with E-state index < -0.39 is 5.82 Å². The van der Waals surface area contributed by atoms with Crippen LogP contribution in [-0.2, 0) is 11.3 Å². The van der Waals surface area contributed by atoms with Crippen molar-refractivity contribution < 1.29 is 13.6 Å². The Morgan fingerprint density at radius 2 is 1.86 bits per heavy atom. The van der Waals surface area contributed by atoms with Crippen LogP contribution in [-0.4, -0.2) is 24.4 Å². The van der Waals surface area contributed by atoms with E-state index in [1.165, 1.54) is 24.3 Å². The van der Waals surface area contributed by atoms with Gasteiger partial charge in [0, 0.05) is 11.0 Å². The fraction of sp³-hybridized carbons (Fsp3) is 0.188. The van der Waals surface area contributed by atoms with E-state index in [-0.39, 0.29) is 24.0 Å². The summed E-state index contributed by atoms with van der Waals surface area (Å²) in [4.78, 5) is 13.7. The lowest BCUT2D eigenvalue weighted by Gasteiger charge is -2.16. The molecule has 0 aliphatic rings. The van der Waals surface area contributed by atoms with Crippen molar-refractivity contribution in [2.75, 3.05) is 18.9 Å². The molecule has 0 aliphatic carbocycles. The average Bonchev–Trinajstić information content (AvgIpc) is 2.44. The van der Waals surface area contributed by atoms with Gasteiger partial charge in [-0.15, -0.1) is 0 Å². The lowest BCUT2D eigenvalue weighted by atomic mass is 10.2. The molecule has 0 unspecified atom stereocenters. The second-order valence-electron chi connectivity index (χ2n) is 4.97. The number of nitrogens with zero attached hydrogens (tertiary/aromatic N) is 1. The Morgan fingerprint density at radius 3 is 2.50 bits per heavy atom. The highest BCUT2D eigenvalue weighted by Crippen LogP contribution is 2.19.